The highest BCUT2D eigenvalue weighted by molar-refractivity contribution is 7.86. The van der Waals surface area contributed by atoms with Crippen LogP contribution in [-0.4, -0.2) is 62.6 Å². The van der Waals surface area contributed by atoms with Crippen LogP contribution >= 0.6 is 0 Å². The van der Waals surface area contributed by atoms with Crippen LogP contribution in [0.25, 0.3) is 0 Å². The van der Waals surface area contributed by atoms with E-state index in [0.29, 0.717) is 13.1 Å². The number of halogens is 1. The Morgan fingerprint density at radius 2 is 1.76 bits per heavy atom. The summed E-state index contributed by atoms with van der Waals surface area (Å²) in [6, 6.07) is 0. The third kappa shape index (κ3) is 5.90. The molecule has 0 spiro atoms. The zero-order valence-electron chi connectivity index (χ0n) is 12.5. The Bertz CT molecular complexity index is 447. The molecule has 0 saturated carbocycles. The average molecular weight is 320 g/mol. The standard InChI is InChI=1S/C14H25FN2O3S/c15-21(19,20)12-13-10-14(18)17(11-13)9-5-8-16-6-3-1-2-4-7-16/h13H,1-12H2. The molecule has 0 bridgehead atoms. The number of carbonyl (C=O) groups excluding carboxylic acids is 1. The van der Waals surface area contributed by atoms with Gasteiger partial charge in [0, 0.05) is 25.4 Å². The van der Waals surface area contributed by atoms with Gasteiger partial charge in [0.15, 0.2) is 0 Å². The second-order valence-corrected chi connectivity index (χ2v) is 7.64. The molecule has 21 heavy (non-hydrogen) atoms. The summed E-state index contributed by atoms with van der Waals surface area (Å²) in [7, 11) is -4.48. The van der Waals surface area contributed by atoms with Crippen molar-refractivity contribution in [3.63, 3.8) is 0 Å². The van der Waals surface area contributed by atoms with Crippen LogP contribution in [0.5, 0.6) is 0 Å². The Hall–Kier alpha value is -0.690. The summed E-state index contributed by atoms with van der Waals surface area (Å²) in [5, 5.41) is 0. The van der Waals surface area contributed by atoms with E-state index in [0.717, 1.165) is 26.1 Å². The lowest BCUT2D eigenvalue weighted by atomic mass is 10.1. The maximum atomic E-state index is 12.7. The molecule has 0 N–H and O–H groups in total. The lowest BCUT2D eigenvalue weighted by molar-refractivity contribution is -0.127. The normalized spacial score (nSPS) is 25.3. The first-order valence-electron chi connectivity index (χ1n) is 7.86. The first kappa shape index (κ1) is 16.7. The predicted molar refractivity (Wildman–Crippen MR) is 79.1 cm³/mol. The van der Waals surface area contributed by atoms with Crippen molar-refractivity contribution in [2.75, 3.05) is 38.5 Å². The zero-order chi connectivity index (χ0) is 15.3. The Kier molecular flexibility index (Phi) is 5.98. The van der Waals surface area contributed by atoms with Gasteiger partial charge in [0.25, 0.3) is 0 Å². The van der Waals surface area contributed by atoms with Gasteiger partial charge in [0.05, 0.1) is 5.75 Å². The Morgan fingerprint density at radius 1 is 1.10 bits per heavy atom. The van der Waals surface area contributed by atoms with E-state index in [1.165, 1.54) is 25.7 Å². The molecule has 1 amide bonds. The third-order valence-electron chi connectivity index (χ3n) is 4.33. The van der Waals surface area contributed by atoms with Crippen LogP contribution < -0.4 is 0 Å². The van der Waals surface area contributed by atoms with Crippen LogP contribution in [0.2, 0.25) is 0 Å². The first-order valence-corrected chi connectivity index (χ1v) is 9.42. The molecule has 1 unspecified atom stereocenters. The molecular formula is C14H25FN2O3S. The number of hydrogen-bond acceptors (Lipinski definition) is 4. The molecule has 7 heteroatoms. The van der Waals surface area contributed by atoms with Gasteiger partial charge in [-0.25, -0.2) is 0 Å². The summed E-state index contributed by atoms with van der Waals surface area (Å²) in [5.41, 5.74) is 0. The van der Waals surface area contributed by atoms with Crippen molar-refractivity contribution in [2.24, 2.45) is 5.92 Å². The highest BCUT2D eigenvalue weighted by Gasteiger charge is 2.32. The second-order valence-electron chi connectivity index (χ2n) is 6.22. The molecule has 2 aliphatic rings. The molecular weight excluding hydrogens is 295 g/mol. The fourth-order valence-corrected chi connectivity index (χ4v) is 4.09. The highest BCUT2D eigenvalue weighted by Crippen LogP contribution is 2.20. The molecule has 2 aliphatic heterocycles. The molecule has 0 aliphatic carbocycles. The van der Waals surface area contributed by atoms with Gasteiger partial charge in [0.2, 0.25) is 5.91 Å². The number of rotatable bonds is 6. The maximum Gasteiger partial charge on any atom is 0.302 e. The summed E-state index contributed by atoms with van der Waals surface area (Å²) in [4.78, 5) is 15.9. The highest BCUT2D eigenvalue weighted by atomic mass is 32.3. The van der Waals surface area contributed by atoms with Crippen LogP contribution in [0, 0.1) is 5.92 Å². The number of hydrogen-bond donors (Lipinski definition) is 0. The van der Waals surface area contributed by atoms with Crippen molar-refractivity contribution in [3.05, 3.63) is 0 Å². The van der Waals surface area contributed by atoms with Crippen LogP contribution in [0.4, 0.5) is 3.89 Å². The number of likely N-dealkylation sites (tertiary alicyclic amines) is 2. The molecule has 122 valence electrons. The van der Waals surface area contributed by atoms with Gasteiger partial charge in [-0.2, -0.15) is 8.42 Å². The fraction of sp³-hybridized carbons (Fsp3) is 0.929. The monoisotopic (exact) mass is 320 g/mol. The SMILES string of the molecule is O=C1CC(CS(=O)(=O)F)CN1CCCN1CCCCCC1. The predicted octanol–water partition coefficient (Wildman–Crippen LogP) is 1.40. The van der Waals surface area contributed by atoms with Crippen LogP contribution in [-0.2, 0) is 15.0 Å². The quantitative estimate of drug-likeness (QED) is 0.694. The number of amides is 1. The van der Waals surface area contributed by atoms with Crippen molar-refractivity contribution in [3.8, 4) is 0 Å². The van der Waals surface area contributed by atoms with Crippen LogP contribution in [0.3, 0.4) is 0 Å². The summed E-state index contributed by atoms with van der Waals surface area (Å²) in [6.45, 7) is 4.28. The molecule has 2 heterocycles. The molecule has 1 atom stereocenters. The van der Waals surface area contributed by atoms with Crippen molar-refractivity contribution in [2.45, 2.75) is 38.5 Å². The molecule has 0 aromatic heterocycles. The second kappa shape index (κ2) is 7.54. The van der Waals surface area contributed by atoms with Crippen molar-refractivity contribution in [1.29, 1.82) is 0 Å². The molecule has 2 fully saturated rings. The van der Waals surface area contributed by atoms with E-state index in [9.17, 15) is 17.1 Å². The largest absolute Gasteiger partial charge is 0.342 e. The van der Waals surface area contributed by atoms with E-state index in [-0.39, 0.29) is 18.2 Å². The Labute approximate surface area is 126 Å². The molecule has 0 radical (unpaired) electrons. The van der Waals surface area contributed by atoms with Crippen molar-refractivity contribution >= 4 is 16.1 Å². The average Bonchev–Trinajstić information content (AvgIpc) is 2.60. The molecule has 2 rings (SSSR count). The maximum absolute atomic E-state index is 12.7. The smallest absolute Gasteiger partial charge is 0.302 e. The van der Waals surface area contributed by atoms with E-state index < -0.39 is 16.0 Å². The molecule has 2 saturated heterocycles. The minimum Gasteiger partial charge on any atom is -0.342 e. The Morgan fingerprint density at radius 3 is 2.38 bits per heavy atom. The van der Waals surface area contributed by atoms with Gasteiger partial charge in [-0.15, -0.1) is 3.89 Å². The summed E-state index contributed by atoms with van der Waals surface area (Å²) < 4.78 is 34.0. The summed E-state index contributed by atoms with van der Waals surface area (Å²) in [5.74, 6) is -0.952. The van der Waals surface area contributed by atoms with Gasteiger partial charge in [0.1, 0.15) is 0 Å². The zero-order valence-corrected chi connectivity index (χ0v) is 13.3. The Balaban J connectivity index is 1.69. The number of carbonyl (C=O) groups is 1. The van der Waals surface area contributed by atoms with Crippen LogP contribution in [0.1, 0.15) is 38.5 Å². The van der Waals surface area contributed by atoms with Gasteiger partial charge in [-0.05, 0) is 38.9 Å². The van der Waals surface area contributed by atoms with E-state index >= 15 is 0 Å². The van der Waals surface area contributed by atoms with E-state index in [1.54, 1.807) is 4.90 Å². The van der Waals surface area contributed by atoms with Gasteiger partial charge < -0.3 is 9.80 Å². The van der Waals surface area contributed by atoms with Gasteiger partial charge in [-0.3, -0.25) is 4.79 Å². The minimum atomic E-state index is -4.48. The topological polar surface area (TPSA) is 57.7 Å². The molecule has 0 aromatic carbocycles. The van der Waals surface area contributed by atoms with E-state index in [2.05, 4.69) is 4.90 Å². The third-order valence-corrected chi connectivity index (χ3v) is 5.20. The lowest BCUT2D eigenvalue weighted by Crippen LogP contribution is -2.31. The first-order chi connectivity index (χ1) is 9.94. The lowest BCUT2D eigenvalue weighted by Gasteiger charge is -2.22. The fourth-order valence-electron chi connectivity index (χ4n) is 3.31. The minimum absolute atomic E-state index is 0.0421. The molecule has 5 nitrogen and oxygen atoms in total. The number of nitrogens with zero attached hydrogens (tertiary/aromatic N) is 2. The van der Waals surface area contributed by atoms with E-state index in [1.807, 2.05) is 0 Å². The van der Waals surface area contributed by atoms with Gasteiger partial charge in [-0.1, -0.05) is 12.8 Å². The van der Waals surface area contributed by atoms with Crippen LogP contribution in [0.15, 0.2) is 0 Å². The van der Waals surface area contributed by atoms with Crippen molar-refractivity contribution < 1.29 is 17.1 Å². The van der Waals surface area contributed by atoms with Gasteiger partial charge >= 0.3 is 10.2 Å². The van der Waals surface area contributed by atoms with E-state index in [4.69, 9.17) is 0 Å². The summed E-state index contributed by atoms with van der Waals surface area (Å²) in [6.07, 6.45) is 6.17. The summed E-state index contributed by atoms with van der Waals surface area (Å²) >= 11 is 0. The molecule has 0 aromatic rings. The van der Waals surface area contributed by atoms with Crippen molar-refractivity contribution in [1.82, 2.24) is 9.80 Å².